The molecule has 2 aromatic carbocycles. The third-order valence-electron chi connectivity index (χ3n) is 4.78. The minimum atomic E-state index is 0.00409. The van der Waals surface area contributed by atoms with Crippen molar-refractivity contribution in [2.75, 3.05) is 38.6 Å². The van der Waals surface area contributed by atoms with Gasteiger partial charge in [0.25, 0.3) is 5.91 Å². The Hall–Kier alpha value is -1.82. The molecule has 1 amide bonds. The monoisotopic (exact) mass is 384 g/mol. The molecule has 0 bridgehead atoms. The van der Waals surface area contributed by atoms with Crippen LogP contribution in [0.25, 0.3) is 0 Å². The summed E-state index contributed by atoms with van der Waals surface area (Å²) in [5.41, 5.74) is 4.66. The molecule has 5 heteroatoms. The molecular weight excluding hydrogens is 356 g/mol. The van der Waals surface area contributed by atoms with Crippen molar-refractivity contribution in [2.45, 2.75) is 19.2 Å². The van der Waals surface area contributed by atoms with Gasteiger partial charge in [-0.3, -0.25) is 9.69 Å². The highest BCUT2D eigenvalue weighted by molar-refractivity contribution is 7.98. The summed E-state index contributed by atoms with van der Waals surface area (Å²) in [5.74, 6) is 1.90. The van der Waals surface area contributed by atoms with Crippen LogP contribution in [0.5, 0.6) is 0 Å². The van der Waals surface area contributed by atoms with Crippen molar-refractivity contribution in [3.63, 3.8) is 0 Å². The second kappa shape index (κ2) is 10.5. The molecule has 2 aromatic rings. The number of rotatable bonds is 8. The maximum atomic E-state index is 12.3. The molecule has 0 aromatic heterocycles. The minimum Gasteiger partial charge on any atom is -0.379 e. The van der Waals surface area contributed by atoms with Crippen molar-refractivity contribution in [1.29, 1.82) is 0 Å². The zero-order chi connectivity index (χ0) is 18.9. The lowest BCUT2D eigenvalue weighted by atomic mass is 10.1. The molecule has 144 valence electrons. The van der Waals surface area contributed by atoms with Gasteiger partial charge in [-0.05, 0) is 35.7 Å². The van der Waals surface area contributed by atoms with Crippen molar-refractivity contribution in [3.8, 4) is 0 Å². The minimum absolute atomic E-state index is 0.00409. The molecule has 0 unspecified atom stereocenters. The van der Waals surface area contributed by atoms with Crippen molar-refractivity contribution >= 4 is 17.7 Å². The maximum Gasteiger partial charge on any atom is 0.251 e. The number of morpholine rings is 1. The molecule has 1 aliphatic rings. The van der Waals surface area contributed by atoms with E-state index in [0.717, 1.165) is 49.9 Å². The molecule has 1 heterocycles. The average molecular weight is 385 g/mol. The summed E-state index contributed by atoms with van der Waals surface area (Å²) in [4.78, 5) is 14.7. The number of nitrogens with zero attached hydrogens (tertiary/aromatic N) is 1. The van der Waals surface area contributed by atoms with Crippen LogP contribution in [0.3, 0.4) is 0 Å². The normalized spacial score (nSPS) is 14.9. The van der Waals surface area contributed by atoms with Gasteiger partial charge in [-0.15, -0.1) is 0 Å². The number of benzene rings is 2. The highest BCUT2D eigenvalue weighted by Crippen LogP contribution is 2.15. The maximum absolute atomic E-state index is 12.3. The van der Waals surface area contributed by atoms with E-state index in [4.69, 9.17) is 4.74 Å². The summed E-state index contributed by atoms with van der Waals surface area (Å²) in [5, 5.41) is 3.01. The van der Waals surface area contributed by atoms with E-state index in [9.17, 15) is 4.79 Å². The third kappa shape index (κ3) is 6.38. The number of carbonyl (C=O) groups excluding carboxylic acids is 1. The zero-order valence-corrected chi connectivity index (χ0v) is 16.8. The lowest BCUT2D eigenvalue weighted by Gasteiger charge is -2.26. The standard InChI is InChI=1S/C22H28N2O2S/c1-18-4-2-3-5-21(18)17-27-15-10-23-22(25)20-8-6-19(7-9-20)16-24-11-13-26-14-12-24/h2-9H,10-17H2,1H3,(H,23,25). The summed E-state index contributed by atoms with van der Waals surface area (Å²) in [6.07, 6.45) is 0. The molecule has 27 heavy (non-hydrogen) atoms. The molecule has 1 saturated heterocycles. The number of thioether (sulfide) groups is 1. The smallest absolute Gasteiger partial charge is 0.251 e. The van der Waals surface area contributed by atoms with Crippen LogP contribution in [-0.4, -0.2) is 49.4 Å². The zero-order valence-electron chi connectivity index (χ0n) is 15.9. The van der Waals surface area contributed by atoms with Crippen molar-refractivity contribution in [2.24, 2.45) is 0 Å². The van der Waals surface area contributed by atoms with Gasteiger partial charge < -0.3 is 10.1 Å². The number of nitrogens with one attached hydrogen (secondary N) is 1. The summed E-state index contributed by atoms with van der Waals surface area (Å²) < 4.78 is 5.38. The number of ether oxygens (including phenoxy) is 1. The molecule has 0 atom stereocenters. The van der Waals surface area contributed by atoms with Crippen molar-refractivity contribution < 1.29 is 9.53 Å². The van der Waals surface area contributed by atoms with E-state index in [2.05, 4.69) is 53.5 Å². The van der Waals surface area contributed by atoms with Gasteiger partial charge in [-0.2, -0.15) is 11.8 Å². The van der Waals surface area contributed by atoms with E-state index < -0.39 is 0 Å². The fourth-order valence-electron chi connectivity index (χ4n) is 3.07. The van der Waals surface area contributed by atoms with Crippen LogP contribution in [0.1, 0.15) is 27.0 Å². The van der Waals surface area contributed by atoms with E-state index >= 15 is 0 Å². The van der Waals surface area contributed by atoms with Crippen LogP contribution >= 0.6 is 11.8 Å². The van der Waals surface area contributed by atoms with Gasteiger partial charge in [-0.25, -0.2) is 0 Å². The summed E-state index contributed by atoms with van der Waals surface area (Å²) in [7, 11) is 0. The highest BCUT2D eigenvalue weighted by atomic mass is 32.2. The van der Waals surface area contributed by atoms with Gasteiger partial charge >= 0.3 is 0 Å². The molecule has 4 nitrogen and oxygen atoms in total. The molecule has 1 aliphatic heterocycles. The lowest BCUT2D eigenvalue weighted by Crippen LogP contribution is -2.35. The number of hydrogen-bond acceptors (Lipinski definition) is 4. The summed E-state index contributed by atoms with van der Waals surface area (Å²) >= 11 is 1.85. The van der Waals surface area contributed by atoms with Crippen LogP contribution in [0.4, 0.5) is 0 Å². The van der Waals surface area contributed by atoms with Crippen molar-refractivity contribution in [3.05, 3.63) is 70.8 Å². The Balaban J connectivity index is 1.37. The van der Waals surface area contributed by atoms with Crippen LogP contribution < -0.4 is 5.32 Å². The first-order valence-electron chi connectivity index (χ1n) is 9.52. The molecule has 1 fully saturated rings. The summed E-state index contributed by atoms with van der Waals surface area (Å²) in [6, 6.07) is 16.4. The quantitative estimate of drug-likeness (QED) is 0.708. The van der Waals surface area contributed by atoms with E-state index in [1.165, 1.54) is 16.7 Å². The molecule has 0 spiro atoms. The topological polar surface area (TPSA) is 41.6 Å². The second-order valence-corrected chi connectivity index (χ2v) is 7.93. The molecular formula is C22H28N2O2S. The van der Waals surface area contributed by atoms with Gasteiger partial charge in [0.15, 0.2) is 0 Å². The van der Waals surface area contributed by atoms with E-state index in [-0.39, 0.29) is 5.91 Å². The highest BCUT2D eigenvalue weighted by Gasteiger charge is 2.11. The number of carbonyl (C=O) groups is 1. The third-order valence-corrected chi connectivity index (χ3v) is 5.78. The molecule has 0 saturated carbocycles. The second-order valence-electron chi connectivity index (χ2n) is 6.82. The van der Waals surface area contributed by atoms with Crippen LogP contribution in [0.15, 0.2) is 48.5 Å². The van der Waals surface area contributed by atoms with Crippen LogP contribution in [-0.2, 0) is 17.0 Å². The Kier molecular flexibility index (Phi) is 7.75. The Morgan fingerprint density at radius 1 is 1.11 bits per heavy atom. The van der Waals surface area contributed by atoms with Crippen molar-refractivity contribution in [1.82, 2.24) is 10.2 Å². The summed E-state index contributed by atoms with van der Waals surface area (Å²) in [6.45, 7) is 7.31. The first-order chi connectivity index (χ1) is 13.2. The van der Waals surface area contributed by atoms with E-state index in [1.807, 2.05) is 23.9 Å². The SMILES string of the molecule is Cc1ccccc1CSCCNC(=O)c1ccc(CN2CCOCC2)cc1. The predicted molar refractivity (Wildman–Crippen MR) is 112 cm³/mol. The number of amides is 1. The van der Waals surface area contributed by atoms with E-state index in [0.29, 0.717) is 6.54 Å². The largest absolute Gasteiger partial charge is 0.379 e. The molecule has 1 N–H and O–H groups in total. The van der Waals surface area contributed by atoms with E-state index in [1.54, 1.807) is 0 Å². The first-order valence-corrected chi connectivity index (χ1v) is 10.7. The van der Waals surface area contributed by atoms with Gasteiger partial charge in [-0.1, -0.05) is 36.4 Å². The molecule has 3 rings (SSSR count). The predicted octanol–water partition coefficient (Wildman–Crippen LogP) is 3.49. The van der Waals surface area contributed by atoms with Gasteiger partial charge in [0.2, 0.25) is 0 Å². The Bertz CT molecular complexity index is 727. The lowest BCUT2D eigenvalue weighted by molar-refractivity contribution is 0.0342. The Morgan fingerprint density at radius 2 is 1.85 bits per heavy atom. The van der Waals surface area contributed by atoms with Crippen LogP contribution in [0, 0.1) is 6.92 Å². The Labute approximate surface area is 166 Å². The van der Waals surface area contributed by atoms with Crippen LogP contribution in [0.2, 0.25) is 0 Å². The first kappa shape index (κ1) is 19.9. The Morgan fingerprint density at radius 3 is 2.59 bits per heavy atom. The van der Waals surface area contributed by atoms with Gasteiger partial charge in [0, 0.05) is 43.2 Å². The average Bonchev–Trinajstić information content (AvgIpc) is 2.70. The van der Waals surface area contributed by atoms with Gasteiger partial charge in [0.05, 0.1) is 13.2 Å². The van der Waals surface area contributed by atoms with Gasteiger partial charge in [0.1, 0.15) is 0 Å². The molecule has 0 aliphatic carbocycles. The number of hydrogen-bond donors (Lipinski definition) is 1. The fourth-order valence-corrected chi connectivity index (χ4v) is 4.01. The number of aryl methyl sites for hydroxylation is 1. The molecule has 0 radical (unpaired) electrons. The fraction of sp³-hybridized carbons (Fsp3) is 0.409.